The number of aryl methyl sites for hydroxylation is 2. The van der Waals surface area contributed by atoms with Gasteiger partial charge in [-0.2, -0.15) is 0 Å². The molecule has 0 fully saturated rings. The van der Waals surface area contributed by atoms with Gasteiger partial charge in [0.1, 0.15) is 12.4 Å². The summed E-state index contributed by atoms with van der Waals surface area (Å²) in [5, 5.41) is 9.52. The van der Waals surface area contributed by atoms with E-state index >= 15 is 0 Å². The zero-order chi connectivity index (χ0) is 20.6. The van der Waals surface area contributed by atoms with Gasteiger partial charge in [0.15, 0.2) is 22.5 Å². The van der Waals surface area contributed by atoms with Crippen LogP contribution in [0.4, 0.5) is 0 Å². The smallest absolute Gasteiger partial charge is 0.191 e. The predicted octanol–water partition coefficient (Wildman–Crippen LogP) is 4.67. The summed E-state index contributed by atoms with van der Waals surface area (Å²) < 4.78 is 19.2. The minimum Gasteiger partial charge on any atom is -0.493 e. The summed E-state index contributed by atoms with van der Waals surface area (Å²) in [4.78, 5) is 0. The highest BCUT2D eigenvalue weighted by Gasteiger charge is 2.13. The second kappa shape index (κ2) is 10.2. The molecule has 6 nitrogen and oxygen atoms in total. The molecule has 2 aromatic carbocycles. The molecular weight excluding hydrogens is 386 g/mol. The molecular formula is C22H27N3O3S. The van der Waals surface area contributed by atoms with Gasteiger partial charge >= 0.3 is 0 Å². The fourth-order valence-electron chi connectivity index (χ4n) is 2.98. The monoisotopic (exact) mass is 413 g/mol. The molecule has 0 aliphatic carbocycles. The molecule has 0 spiro atoms. The van der Waals surface area contributed by atoms with Crippen LogP contribution >= 0.6 is 11.8 Å². The van der Waals surface area contributed by atoms with Gasteiger partial charge in [-0.25, -0.2) is 0 Å². The quantitative estimate of drug-likeness (QED) is 0.355. The third-order valence-corrected chi connectivity index (χ3v) is 5.37. The van der Waals surface area contributed by atoms with Crippen LogP contribution in [-0.2, 0) is 13.2 Å². The normalized spacial score (nSPS) is 10.8. The Kier molecular flexibility index (Phi) is 7.41. The first-order valence-electron chi connectivity index (χ1n) is 9.63. The van der Waals surface area contributed by atoms with Gasteiger partial charge in [0, 0.05) is 12.3 Å². The van der Waals surface area contributed by atoms with Crippen LogP contribution in [0.5, 0.6) is 17.2 Å². The lowest BCUT2D eigenvalue weighted by Crippen LogP contribution is -2.08. The van der Waals surface area contributed by atoms with E-state index in [1.165, 1.54) is 5.56 Å². The number of thioether (sulfide) groups is 1. The molecule has 0 unspecified atom stereocenters. The molecule has 0 aliphatic heterocycles. The van der Waals surface area contributed by atoms with Crippen molar-refractivity contribution < 1.29 is 14.2 Å². The van der Waals surface area contributed by atoms with E-state index in [9.17, 15) is 0 Å². The molecule has 3 aromatic rings. The van der Waals surface area contributed by atoms with E-state index in [2.05, 4.69) is 47.7 Å². The number of benzene rings is 2. The highest BCUT2D eigenvalue weighted by molar-refractivity contribution is 7.99. The standard InChI is InChI=1S/C22H27N3O3S/c1-5-25-21(15-28-18-11-10-16(2)14-17(18)3)23-24-22(25)29-13-12-27-20-9-7-6-8-19(20)26-4/h6-11,14H,5,12-13,15H2,1-4H3. The van der Waals surface area contributed by atoms with Crippen molar-refractivity contribution in [2.75, 3.05) is 19.5 Å². The van der Waals surface area contributed by atoms with Crippen LogP contribution in [0.2, 0.25) is 0 Å². The molecule has 0 radical (unpaired) electrons. The average molecular weight is 414 g/mol. The van der Waals surface area contributed by atoms with Crippen LogP contribution in [0, 0.1) is 13.8 Å². The number of aromatic nitrogens is 3. The van der Waals surface area contributed by atoms with Crippen LogP contribution < -0.4 is 14.2 Å². The van der Waals surface area contributed by atoms with Crippen molar-refractivity contribution in [3.8, 4) is 17.2 Å². The van der Waals surface area contributed by atoms with Gasteiger partial charge in [0.2, 0.25) is 0 Å². The third-order valence-electron chi connectivity index (χ3n) is 4.44. The van der Waals surface area contributed by atoms with Crippen molar-refractivity contribution in [3.63, 3.8) is 0 Å². The van der Waals surface area contributed by atoms with Gasteiger partial charge in [0.05, 0.1) is 13.7 Å². The lowest BCUT2D eigenvalue weighted by atomic mass is 10.1. The fraction of sp³-hybridized carbons (Fsp3) is 0.364. The summed E-state index contributed by atoms with van der Waals surface area (Å²) in [5.74, 6) is 3.94. The Labute approximate surface area is 176 Å². The minimum atomic E-state index is 0.392. The Balaban J connectivity index is 1.55. The van der Waals surface area contributed by atoms with Crippen molar-refractivity contribution in [1.29, 1.82) is 0 Å². The first-order chi connectivity index (χ1) is 14.1. The number of methoxy groups -OCH3 is 1. The van der Waals surface area contributed by atoms with Gasteiger partial charge in [-0.3, -0.25) is 0 Å². The van der Waals surface area contributed by atoms with Crippen molar-refractivity contribution >= 4 is 11.8 Å². The second-order valence-corrected chi connectivity index (χ2v) is 7.61. The van der Waals surface area contributed by atoms with Crippen molar-refractivity contribution in [2.45, 2.75) is 39.1 Å². The van der Waals surface area contributed by atoms with Crippen molar-refractivity contribution in [1.82, 2.24) is 14.8 Å². The molecule has 3 rings (SSSR count). The molecule has 0 aliphatic rings. The lowest BCUT2D eigenvalue weighted by Gasteiger charge is -2.11. The van der Waals surface area contributed by atoms with Crippen LogP contribution in [0.25, 0.3) is 0 Å². The summed E-state index contributed by atoms with van der Waals surface area (Å²) in [5.41, 5.74) is 2.34. The first-order valence-corrected chi connectivity index (χ1v) is 10.6. The Morgan fingerprint density at radius 1 is 0.966 bits per heavy atom. The molecule has 0 bridgehead atoms. The van der Waals surface area contributed by atoms with Crippen LogP contribution in [0.1, 0.15) is 23.9 Å². The molecule has 1 heterocycles. The molecule has 1 aromatic heterocycles. The number of para-hydroxylation sites is 2. The summed E-state index contributed by atoms with van der Waals surface area (Å²) >= 11 is 1.62. The van der Waals surface area contributed by atoms with E-state index in [0.29, 0.717) is 13.2 Å². The van der Waals surface area contributed by atoms with E-state index in [1.807, 2.05) is 30.3 Å². The van der Waals surface area contributed by atoms with E-state index in [-0.39, 0.29) is 0 Å². The first kappa shape index (κ1) is 21.0. The summed E-state index contributed by atoms with van der Waals surface area (Å²) in [6.07, 6.45) is 0. The maximum atomic E-state index is 5.97. The number of rotatable bonds is 10. The zero-order valence-electron chi connectivity index (χ0n) is 17.3. The maximum absolute atomic E-state index is 5.97. The number of hydrogen-bond acceptors (Lipinski definition) is 6. The van der Waals surface area contributed by atoms with Gasteiger partial charge in [-0.1, -0.05) is 41.6 Å². The SMILES string of the molecule is CCn1c(COc2ccc(C)cc2C)nnc1SCCOc1ccccc1OC. The van der Waals surface area contributed by atoms with E-state index < -0.39 is 0 Å². The van der Waals surface area contributed by atoms with Gasteiger partial charge < -0.3 is 18.8 Å². The number of nitrogens with zero attached hydrogens (tertiary/aromatic N) is 3. The van der Waals surface area contributed by atoms with Crippen molar-refractivity contribution in [3.05, 3.63) is 59.4 Å². The Morgan fingerprint density at radius 2 is 1.76 bits per heavy atom. The van der Waals surface area contributed by atoms with E-state index in [1.54, 1.807) is 18.9 Å². The molecule has 0 saturated heterocycles. The largest absolute Gasteiger partial charge is 0.493 e. The molecule has 0 saturated carbocycles. The molecule has 7 heteroatoms. The van der Waals surface area contributed by atoms with Crippen LogP contribution in [-0.4, -0.2) is 34.2 Å². The summed E-state index contributed by atoms with van der Waals surface area (Å²) in [6, 6.07) is 13.8. The second-order valence-electron chi connectivity index (χ2n) is 6.55. The summed E-state index contributed by atoms with van der Waals surface area (Å²) in [6.45, 7) is 7.94. The topological polar surface area (TPSA) is 58.4 Å². The summed E-state index contributed by atoms with van der Waals surface area (Å²) in [7, 11) is 1.64. The Bertz CT molecular complexity index is 943. The van der Waals surface area contributed by atoms with Gasteiger partial charge in [0.25, 0.3) is 0 Å². The van der Waals surface area contributed by atoms with Crippen LogP contribution in [0.15, 0.2) is 47.6 Å². The molecule has 0 atom stereocenters. The number of hydrogen-bond donors (Lipinski definition) is 0. The minimum absolute atomic E-state index is 0.392. The average Bonchev–Trinajstić information content (AvgIpc) is 3.12. The fourth-order valence-corrected chi connectivity index (χ4v) is 3.81. The highest BCUT2D eigenvalue weighted by Crippen LogP contribution is 2.26. The zero-order valence-corrected chi connectivity index (χ0v) is 18.2. The lowest BCUT2D eigenvalue weighted by molar-refractivity contribution is 0.286. The molecule has 29 heavy (non-hydrogen) atoms. The van der Waals surface area contributed by atoms with Gasteiger partial charge in [-0.05, 0) is 44.5 Å². The van der Waals surface area contributed by atoms with E-state index in [4.69, 9.17) is 14.2 Å². The molecule has 0 N–H and O–H groups in total. The number of ether oxygens (including phenoxy) is 3. The molecule has 154 valence electrons. The third kappa shape index (κ3) is 5.44. The Hall–Kier alpha value is -2.67. The van der Waals surface area contributed by atoms with Crippen molar-refractivity contribution in [2.24, 2.45) is 0 Å². The highest BCUT2D eigenvalue weighted by atomic mass is 32.2. The predicted molar refractivity (Wildman–Crippen MR) is 115 cm³/mol. The Morgan fingerprint density at radius 3 is 2.48 bits per heavy atom. The molecule has 0 amide bonds. The maximum Gasteiger partial charge on any atom is 0.191 e. The van der Waals surface area contributed by atoms with Crippen LogP contribution in [0.3, 0.4) is 0 Å². The van der Waals surface area contributed by atoms with E-state index in [0.717, 1.165) is 46.1 Å². The van der Waals surface area contributed by atoms with Gasteiger partial charge in [-0.15, -0.1) is 10.2 Å².